The van der Waals surface area contributed by atoms with Gasteiger partial charge in [0.15, 0.2) is 5.82 Å². The Morgan fingerprint density at radius 2 is 2.13 bits per heavy atom. The lowest BCUT2D eigenvalue weighted by molar-refractivity contribution is -0.131. The fraction of sp³-hybridized carbons (Fsp3) is 0.542. The number of aryl methyl sites for hydroxylation is 2. The summed E-state index contributed by atoms with van der Waals surface area (Å²) >= 11 is 0. The maximum atomic E-state index is 13.1. The summed E-state index contributed by atoms with van der Waals surface area (Å²) in [6, 6.07) is 8.28. The van der Waals surface area contributed by atoms with Gasteiger partial charge in [0.05, 0.1) is 0 Å². The van der Waals surface area contributed by atoms with Crippen molar-refractivity contribution < 1.29 is 9.32 Å². The number of H-pyrrole nitrogens is 1. The summed E-state index contributed by atoms with van der Waals surface area (Å²) in [5.74, 6) is 2.01. The lowest BCUT2D eigenvalue weighted by Crippen LogP contribution is -2.39. The Morgan fingerprint density at radius 3 is 2.90 bits per heavy atom. The number of aromatic amines is 1. The number of fused-ring (bicyclic) bond motifs is 1. The van der Waals surface area contributed by atoms with E-state index in [0.29, 0.717) is 30.6 Å². The molecule has 7 nitrogen and oxygen atoms in total. The van der Waals surface area contributed by atoms with Gasteiger partial charge in [-0.1, -0.05) is 37.2 Å². The van der Waals surface area contributed by atoms with Gasteiger partial charge in [0.25, 0.3) is 0 Å². The number of amides is 1. The molecular formula is C24H33N5O2. The van der Waals surface area contributed by atoms with E-state index >= 15 is 0 Å². The normalized spacial score (nSPS) is 18.1. The first-order valence-electron chi connectivity index (χ1n) is 11.4. The molecule has 166 valence electrons. The van der Waals surface area contributed by atoms with E-state index in [9.17, 15) is 4.79 Å². The Hall–Kier alpha value is -2.67. The molecule has 0 saturated carbocycles. The monoisotopic (exact) mass is 423 g/mol. The van der Waals surface area contributed by atoms with E-state index in [1.165, 1.54) is 10.9 Å². The molecule has 31 heavy (non-hydrogen) atoms. The number of carbonyl (C=O) groups is 1. The van der Waals surface area contributed by atoms with Crippen molar-refractivity contribution in [2.24, 2.45) is 5.92 Å². The van der Waals surface area contributed by atoms with Crippen LogP contribution in [0.25, 0.3) is 10.9 Å². The molecule has 1 saturated heterocycles. The van der Waals surface area contributed by atoms with Gasteiger partial charge in [-0.15, -0.1) is 0 Å². The average molecular weight is 424 g/mol. The van der Waals surface area contributed by atoms with Gasteiger partial charge in [-0.3, -0.25) is 9.69 Å². The number of nitrogens with zero attached hydrogens (tertiary/aromatic N) is 4. The fourth-order valence-corrected chi connectivity index (χ4v) is 4.56. The zero-order valence-corrected chi connectivity index (χ0v) is 18.8. The predicted molar refractivity (Wildman–Crippen MR) is 121 cm³/mol. The third-order valence-corrected chi connectivity index (χ3v) is 6.00. The minimum Gasteiger partial charge on any atom is -0.361 e. The van der Waals surface area contributed by atoms with Crippen molar-refractivity contribution in [3.8, 4) is 0 Å². The summed E-state index contributed by atoms with van der Waals surface area (Å²) in [7, 11) is 0. The van der Waals surface area contributed by atoms with E-state index in [2.05, 4.69) is 58.3 Å². The Balaban J connectivity index is 1.40. The molecule has 0 aliphatic carbocycles. The second kappa shape index (κ2) is 9.64. The van der Waals surface area contributed by atoms with Crippen LogP contribution in [0.5, 0.6) is 0 Å². The van der Waals surface area contributed by atoms with E-state index in [1.807, 2.05) is 17.9 Å². The van der Waals surface area contributed by atoms with E-state index < -0.39 is 0 Å². The maximum Gasteiger partial charge on any atom is 0.245 e. The van der Waals surface area contributed by atoms with E-state index in [4.69, 9.17) is 4.52 Å². The number of hydrogen-bond acceptors (Lipinski definition) is 5. The van der Waals surface area contributed by atoms with Crippen LogP contribution in [0.15, 0.2) is 35.0 Å². The first-order chi connectivity index (χ1) is 15.0. The van der Waals surface area contributed by atoms with Gasteiger partial charge in [-0.25, -0.2) is 0 Å². The van der Waals surface area contributed by atoms with Crippen molar-refractivity contribution in [2.75, 3.05) is 26.2 Å². The Morgan fingerprint density at radius 1 is 1.29 bits per heavy atom. The molecule has 1 atom stereocenters. The third kappa shape index (κ3) is 5.15. The van der Waals surface area contributed by atoms with Crippen molar-refractivity contribution in [1.29, 1.82) is 0 Å². The van der Waals surface area contributed by atoms with Gasteiger partial charge in [-0.2, -0.15) is 4.98 Å². The number of rotatable bonds is 7. The summed E-state index contributed by atoms with van der Waals surface area (Å²) in [4.78, 5) is 25.3. The van der Waals surface area contributed by atoms with Crippen molar-refractivity contribution in [1.82, 2.24) is 24.9 Å². The van der Waals surface area contributed by atoms with Gasteiger partial charge >= 0.3 is 0 Å². The minimum atomic E-state index is -0.0383. The molecule has 1 unspecified atom stereocenters. The molecule has 1 fully saturated rings. The van der Waals surface area contributed by atoms with Crippen molar-refractivity contribution in [3.63, 3.8) is 0 Å². The molecule has 1 aromatic carbocycles. The van der Waals surface area contributed by atoms with E-state index in [1.54, 1.807) is 0 Å². The molecule has 3 aromatic rings. The number of carbonyl (C=O) groups excluding carboxylic acids is 1. The lowest BCUT2D eigenvalue weighted by atomic mass is 10.1. The Bertz CT molecular complexity index is 1010. The smallest absolute Gasteiger partial charge is 0.245 e. The summed E-state index contributed by atoms with van der Waals surface area (Å²) < 4.78 is 5.53. The van der Waals surface area contributed by atoms with Crippen LogP contribution in [0.3, 0.4) is 0 Å². The zero-order valence-electron chi connectivity index (χ0n) is 18.8. The number of para-hydroxylation sites is 1. The molecule has 0 spiro atoms. The number of benzene rings is 1. The van der Waals surface area contributed by atoms with Gasteiger partial charge < -0.3 is 14.4 Å². The predicted octanol–water partition coefficient (Wildman–Crippen LogP) is 4.11. The molecule has 0 bridgehead atoms. The Kier molecular flexibility index (Phi) is 6.70. The highest BCUT2D eigenvalue weighted by Gasteiger charge is 2.32. The van der Waals surface area contributed by atoms with Crippen LogP contribution in [-0.4, -0.2) is 57.0 Å². The van der Waals surface area contributed by atoms with Gasteiger partial charge in [0, 0.05) is 49.7 Å². The van der Waals surface area contributed by atoms with E-state index in [-0.39, 0.29) is 11.9 Å². The molecule has 1 amide bonds. The van der Waals surface area contributed by atoms with Crippen molar-refractivity contribution in [2.45, 2.75) is 52.5 Å². The maximum absolute atomic E-state index is 13.1. The average Bonchev–Trinajstić information content (AvgIpc) is 3.30. The molecular weight excluding hydrogens is 390 g/mol. The van der Waals surface area contributed by atoms with Gasteiger partial charge in [0.1, 0.15) is 6.04 Å². The van der Waals surface area contributed by atoms with Gasteiger partial charge in [0.2, 0.25) is 11.8 Å². The standard InChI is InChI=1S/C24H33N5O2/c1-17(2)15-28-12-7-13-29(16-22(28)24-26-18(3)27-31-24)23(30)11-6-8-19-14-25-21-10-5-4-9-20(19)21/h4-5,9-10,14,17,22,25H,6-8,11-13,15-16H2,1-3H3. The van der Waals surface area contributed by atoms with Crippen LogP contribution >= 0.6 is 0 Å². The number of hydrogen-bond donors (Lipinski definition) is 1. The van der Waals surface area contributed by atoms with Crippen LogP contribution in [0.2, 0.25) is 0 Å². The lowest BCUT2D eigenvalue weighted by Gasteiger charge is -2.30. The largest absolute Gasteiger partial charge is 0.361 e. The molecule has 1 aliphatic rings. The summed E-state index contributed by atoms with van der Waals surface area (Å²) in [5.41, 5.74) is 2.43. The zero-order chi connectivity index (χ0) is 21.8. The highest BCUT2D eigenvalue weighted by atomic mass is 16.5. The molecule has 3 heterocycles. The number of aromatic nitrogens is 3. The van der Waals surface area contributed by atoms with Crippen molar-refractivity contribution >= 4 is 16.8 Å². The fourth-order valence-electron chi connectivity index (χ4n) is 4.56. The molecule has 2 aromatic heterocycles. The summed E-state index contributed by atoms with van der Waals surface area (Å²) in [6.07, 6.45) is 5.33. The summed E-state index contributed by atoms with van der Waals surface area (Å²) in [5, 5.41) is 5.24. The SMILES string of the molecule is Cc1noc(C2CN(C(=O)CCCc3c[nH]c4ccccc34)CCCN2CC(C)C)n1. The first-order valence-corrected chi connectivity index (χ1v) is 11.4. The van der Waals surface area contributed by atoms with Crippen LogP contribution in [0.1, 0.15) is 56.4 Å². The van der Waals surface area contributed by atoms with Crippen LogP contribution in [-0.2, 0) is 11.2 Å². The number of nitrogens with one attached hydrogen (secondary N) is 1. The Labute approximate surface area is 183 Å². The highest BCUT2D eigenvalue weighted by molar-refractivity contribution is 5.83. The van der Waals surface area contributed by atoms with Crippen molar-refractivity contribution in [3.05, 3.63) is 47.7 Å². The van der Waals surface area contributed by atoms with E-state index in [0.717, 1.165) is 44.4 Å². The van der Waals surface area contributed by atoms with Crippen LogP contribution < -0.4 is 0 Å². The molecule has 4 rings (SSSR count). The second-order valence-corrected chi connectivity index (χ2v) is 8.99. The topological polar surface area (TPSA) is 78.3 Å². The molecule has 1 aliphatic heterocycles. The molecule has 1 N–H and O–H groups in total. The van der Waals surface area contributed by atoms with Crippen LogP contribution in [0, 0.1) is 12.8 Å². The van der Waals surface area contributed by atoms with Crippen LogP contribution in [0.4, 0.5) is 0 Å². The molecule has 7 heteroatoms. The van der Waals surface area contributed by atoms with Gasteiger partial charge in [-0.05, 0) is 43.7 Å². The third-order valence-electron chi connectivity index (χ3n) is 6.00. The highest BCUT2D eigenvalue weighted by Crippen LogP contribution is 2.26. The quantitative estimate of drug-likeness (QED) is 0.619. The summed E-state index contributed by atoms with van der Waals surface area (Å²) in [6.45, 7) is 9.55. The minimum absolute atomic E-state index is 0.0383. The first kappa shape index (κ1) is 21.6. The molecule has 0 radical (unpaired) electrons. The second-order valence-electron chi connectivity index (χ2n) is 8.99.